The highest BCUT2D eigenvalue weighted by Gasteiger charge is 2.23. The van der Waals surface area contributed by atoms with Crippen molar-refractivity contribution in [1.29, 1.82) is 0 Å². The van der Waals surface area contributed by atoms with Crippen molar-refractivity contribution in [2.24, 2.45) is 0 Å². The van der Waals surface area contributed by atoms with E-state index in [1.807, 2.05) is 29.2 Å². The molecule has 1 saturated heterocycles. The third-order valence-corrected chi connectivity index (χ3v) is 6.63. The summed E-state index contributed by atoms with van der Waals surface area (Å²) in [5, 5.41) is 2.78. The monoisotopic (exact) mass is 493 g/mol. The summed E-state index contributed by atoms with van der Waals surface area (Å²) in [4.78, 5) is 26.1. The molecule has 30 heavy (non-hydrogen) atoms. The van der Waals surface area contributed by atoms with Gasteiger partial charge in [-0.2, -0.15) is 0 Å². The summed E-state index contributed by atoms with van der Waals surface area (Å²) in [5.41, 5.74) is 2.30. The lowest BCUT2D eigenvalue weighted by atomic mass is 10.1. The first-order valence-electron chi connectivity index (χ1n) is 9.58. The van der Waals surface area contributed by atoms with Crippen LogP contribution >= 0.6 is 15.9 Å². The molecule has 0 unspecified atom stereocenters. The first-order valence-corrected chi connectivity index (χ1v) is 12.2. The first kappa shape index (κ1) is 22.3. The van der Waals surface area contributed by atoms with E-state index < -0.39 is 15.9 Å². The summed E-state index contributed by atoms with van der Waals surface area (Å²) < 4.78 is 26.1. The number of carbonyl (C=O) groups is 2. The zero-order valence-corrected chi connectivity index (χ0v) is 19.1. The Morgan fingerprint density at radius 2 is 1.90 bits per heavy atom. The molecular formula is C21H24BrN3O4S. The van der Waals surface area contributed by atoms with Crippen LogP contribution in [0.2, 0.25) is 0 Å². The molecule has 1 fully saturated rings. The number of anilines is 1. The van der Waals surface area contributed by atoms with Gasteiger partial charge in [0.2, 0.25) is 21.8 Å². The third kappa shape index (κ3) is 5.82. The molecule has 1 heterocycles. The number of benzene rings is 2. The topological polar surface area (TPSA) is 86.8 Å². The molecule has 7 nitrogen and oxygen atoms in total. The summed E-state index contributed by atoms with van der Waals surface area (Å²) in [6, 6.07) is 14.5. The minimum atomic E-state index is -3.64. The van der Waals surface area contributed by atoms with E-state index in [0.29, 0.717) is 23.1 Å². The summed E-state index contributed by atoms with van der Waals surface area (Å²) in [5.74, 6) is -0.238. The average Bonchev–Trinajstić information content (AvgIpc) is 3.09. The van der Waals surface area contributed by atoms with Crippen molar-refractivity contribution < 1.29 is 18.0 Å². The molecule has 9 heteroatoms. The Bertz CT molecular complexity index is 1040. The molecule has 1 N–H and O–H groups in total. The predicted octanol–water partition coefficient (Wildman–Crippen LogP) is 2.65. The standard InChI is InChI=1S/C21H24BrN3O4S/c1-30(28,29)25(19-9-3-2-8-18(19)22)15-20(26)23-13-16-6-4-7-17(12-16)14-24-11-5-10-21(24)27/h2-4,6-9,12H,5,10-11,13-15H2,1H3,(H,23,26). The van der Waals surface area contributed by atoms with Crippen LogP contribution in [0.3, 0.4) is 0 Å². The highest BCUT2D eigenvalue weighted by atomic mass is 79.9. The summed E-state index contributed by atoms with van der Waals surface area (Å²) >= 11 is 3.34. The summed E-state index contributed by atoms with van der Waals surface area (Å²) in [6.07, 6.45) is 2.57. The third-order valence-electron chi connectivity index (χ3n) is 4.83. The molecule has 160 valence electrons. The van der Waals surface area contributed by atoms with Gasteiger partial charge in [0.15, 0.2) is 0 Å². The van der Waals surface area contributed by atoms with Crippen molar-refractivity contribution in [1.82, 2.24) is 10.2 Å². The lowest BCUT2D eigenvalue weighted by Crippen LogP contribution is -2.40. The van der Waals surface area contributed by atoms with Crippen molar-refractivity contribution in [3.05, 3.63) is 64.1 Å². The maximum Gasteiger partial charge on any atom is 0.241 e. The van der Waals surface area contributed by atoms with E-state index in [0.717, 1.165) is 34.7 Å². The number of nitrogens with zero attached hydrogens (tertiary/aromatic N) is 2. The summed E-state index contributed by atoms with van der Waals surface area (Å²) in [7, 11) is -3.64. The van der Waals surface area contributed by atoms with Gasteiger partial charge in [0, 0.05) is 30.5 Å². The Morgan fingerprint density at radius 1 is 1.17 bits per heavy atom. The second-order valence-corrected chi connectivity index (χ2v) is 10.00. The molecule has 1 aliphatic heterocycles. The van der Waals surface area contributed by atoms with Crippen LogP contribution in [0.25, 0.3) is 0 Å². The van der Waals surface area contributed by atoms with Crippen molar-refractivity contribution in [3.8, 4) is 0 Å². The molecule has 0 saturated carbocycles. The molecule has 0 radical (unpaired) electrons. The second kappa shape index (κ2) is 9.61. The smallest absolute Gasteiger partial charge is 0.241 e. The fraction of sp³-hybridized carbons (Fsp3) is 0.333. The van der Waals surface area contributed by atoms with Crippen LogP contribution in [-0.4, -0.2) is 44.5 Å². The van der Waals surface area contributed by atoms with Gasteiger partial charge in [-0.25, -0.2) is 8.42 Å². The lowest BCUT2D eigenvalue weighted by molar-refractivity contribution is -0.128. The zero-order valence-electron chi connectivity index (χ0n) is 16.7. The number of nitrogens with one attached hydrogen (secondary N) is 1. The minimum Gasteiger partial charge on any atom is -0.350 e. The molecule has 0 bridgehead atoms. The minimum absolute atomic E-state index is 0.168. The molecule has 0 aromatic heterocycles. The van der Waals surface area contributed by atoms with Crippen LogP contribution < -0.4 is 9.62 Å². The van der Waals surface area contributed by atoms with Gasteiger partial charge in [0.05, 0.1) is 11.9 Å². The van der Waals surface area contributed by atoms with E-state index in [4.69, 9.17) is 0 Å². The van der Waals surface area contributed by atoms with Crippen molar-refractivity contribution in [3.63, 3.8) is 0 Å². The van der Waals surface area contributed by atoms with Crippen molar-refractivity contribution in [2.75, 3.05) is 23.7 Å². The maximum absolute atomic E-state index is 12.5. The number of hydrogen-bond acceptors (Lipinski definition) is 4. The quantitative estimate of drug-likeness (QED) is 0.612. The van der Waals surface area contributed by atoms with Crippen LogP contribution in [0.15, 0.2) is 53.0 Å². The van der Waals surface area contributed by atoms with E-state index >= 15 is 0 Å². The van der Waals surface area contributed by atoms with E-state index in [-0.39, 0.29) is 19.0 Å². The number of sulfonamides is 1. The van der Waals surface area contributed by atoms with E-state index in [2.05, 4.69) is 21.2 Å². The normalized spacial score (nSPS) is 14.1. The number of carbonyl (C=O) groups excluding carboxylic acids is 2. The van der Waals surface area contributed by atoms with E-state index in [1.54, 1.807) is 24.3 Å². The zero-order chi connectivity index (χ0) is 21.7. The molecule has 0 atom stereocenters. The Hall–Kier alpha value is -2.39. The first-order chi connectivity index (χ1) is 14.2. The molecule has 2 amide bonds. The number of para-hydroxylation sites is 1. The van der Waals surface area contributed by atoms with Crippen molar-refractivity contribution >= 4 is 43.5 Å². The number of likely N-dealkylation sites (tertiary alicyclic amines) is 1. The lowest BCUT2D eigenvalue weighted by Gasteiger charge is -2.23. The predicted molar refractivity (Wildman–Crippen MR) is 119 cm³/mol. The highest BCUT2D eigenvalue weighted by Crippen LogP contribution is 2.27. The summed E-state index contributed by atoms with van der Waals surface area (Å²) in [6.45, 7) is 1.29. The van der Waals surface area contributed by atoms with Crippen LogP contribution in [0.5, 0.6) is 0 Å². The van der Waals surface area contributed by atoms with E-state index in [1.165, 1.54) is 0 Å². The van der Waals surface area contributed by atoms with Crippen molar-refractivity contribution in [2.45, 2.75) is 25.9 Å². The fourth-order valence-electron chi connectivity index (χ4n) is 3.35. The fourth-order valence-corrected chi connectivity index (χ4v) is 4.84. The van der Waals surface area contributed by atoms with Crippen LogP contribution in [-0.2, 0) is 32.7 Å². The number of halogens is 1. The van der Waals surface area contributed by atoms with Gasteiger partial charge in [-0.05, 0) is 45.6 Å². The SMILES string of the molecule is CS(=O)(=O)N(CC(=O)NCc1cccc(CN2CCCC2=O)c1)c1ccccc1Br. The average molecular weight is 494 g/mol. The Morgan fingerprint density at radius 3 is 2.57 bits per heavy atom. The Labute approximate surface area is 185 Å². The van der Waals surface area contributed by atoms with Gasteiger partial charge in [-0.3, -0.25) is 13.9 Å². The Kier molecular flexibility index (Phi) is 7.14. The molecule has 2 aromatic carbocycles. The number of amides is 2. The maximum atomic E-state index is 12.5. The van der Waals surface area contributed by atoms with Crippen LogP contribution in [0, 0.1) is 0 Å². The van der Waals surface area contributed by atoms with Gasteiger partial charge < -0.3 is 10.2 Å². The highest BCUT2D eigenvalue weighted by molar-refractivity contribution is 9.10. The van der Waals surface area contributed by atoms with Gasteiger partial charge >= 0.3 is 0 Å². The molecule has 2 aromatic rings. The molecule has 0 aliphatic carbocycles. The molecular weight excluding hydrogens is 470 g/mol. The van der Waals surface area contributed by atoms with Gasteiger partial charge in [-0.15, -0.1) is 0 Å². The van der Waals surface area contributed by atoms with Crippen LogP contribution in [0.4, 0.5) is 5.69 Å². The Balaban J connectivity index is 1.62. The van der Waals surface area contributed by atoms with Gasteiger partial charge in [0.1, 0.15) is 6.54 Å². The molecule has 0 spiro atoms. The van der Waals surface area contributed by atoms with E-state index in [9.17, 15) is 18.0 Å². The second-order valence-electron chi connectivity index (χ2n) is 7.24. The molecule has 1 aliphatic rings. The van der Waals surface area contributed by atoms with Gasteiger partial charge in [-0.1, -0.05) is 36.4 Å². The van der Waals surface area contributed by atoms with Crippen LogP contribution in [0.1, 0.15) is 24.0 Å². The van der Waals surface area contributed by atoms with Gasteiger partial charge in [0.25, 0.3) is 0 Å². The largest absolute Gasteiger partial charge is 0.350 e. The number of hydrogen-bond donors (Lipinski definition) is 1. The molecule has 3 rings (SSSR count). The number of rotatable bonds is 8.